The highest BCUT2D eigenvalue weighted by molar-refractivity contribution is 7.99. The lowest BCUT2D eigenvalue weighted by Crippen LogP contribution is -2.31. The average Bonchev–Trinajstić information content (AvgIpc) is 2.43. The number of allylic oxidation sites excluding steroid dienone is 1. The van der Waals surface area contributed by atoms with Crippen LogP contribution in [0.1, 0.15) is 32.6 Å². The third-order valence-electron chi connectivity index (χ3n) is 2.91. The number of thioether (sulfide) groups is 1. The van der Waals surface area contributed by atoms with Crippen LogP contribution in [0.4, 0.5) is 0 Å². The summed E-state index contributed by atoms with van der Waals surface area (Å²) in [5.41, 5.74) is 0. The summed E-state index contributed by atoms with van der Waals surface area (Å²) in [7, 11) is 0. The summed E-state index contributed by atoms with van der Waals surface area (Å²) < 4.78 is 0. The minimum Gasteiger partial charge on any atom is -0.313 e. The fourth-order valence-corrected chi connectivity index (χ4v) is 2.96. The van der Waals surface area contributed by atoms with Gasteiger partial charge in [-0.1, -0.05) is 24.6 Å². The molecular formula is C16H24ClNS. The number of hydrogen-bond acceptors (Lipinski definition) is 2. The Balaban J connectivity index is 2.37. The summed E-state index contributed by atoms with van der Waals surface area (Å²) in [6.45, 7) is 7.09. The number of hydrogen-bond donors (Lipinski definition) is 1. The summed E-state index contributed by atoms with van der Waals surface area (Å²) >= 11 is 7.80. The molecule has 1 N–H and O–H groups in total. The maximum atomic E-state index is 5.90. The molecule has 0 bridgehead atoms. The van der Waals surface area contributed by atoms with E-state index in [0.29, 0.717) is 6.04 Å². The van der Waals surface area contributed by atoms with Crippen molar-refractivity contribution in [2.75, 3.05) is 12.3 Å². The molecule has 1 aromatic carbocycles. The zero-order valence-corrected chi connectivity index (χ0v) is 13.3. The molecule has 0 amide bonds. The van der Waals surface area contributed by atoms with Gasteiger partial charge in [-0.05, 0) is 56.5 Å². The minimum atomic E-state index is 0.584. The lowest BCUT2D eigenvalue weighted by atomic mass is 10.1. The fraction of sp³-hybridized carbons (Fsp3) is 0.500. The summed E-state index contributed by atoms with van der Waals surface area (Å²) in [6.07, 6.45) is 6.72. The molecule has 3 heteroatoms. The lowest BCUT2D eigenvalue weighted by molar-refractivity contribution is 0.506. The minimum absolute atomic E-state index is 0.584. The van der Waals surface area contributed by atoms with Crippen molar-refractivity contribution in [2.24, 2.45) is 0 Å². The first kappa shape index (κ1) is 16.6. The standard InChI is InChI=1S/C16H24ClNS/c1-3-5-6-7-15(18-12-4-2)13-19-16-10-8-14(17)9-11-16/h3,8-11,15,18H,1,4-7,12-13H2,2H3. The van der Waals surface area contributed by atoms with Crippen LogP contribution in [0.3, 0.4) is 0 Å². The summed E-state index contributed by atoms with van der Waals surface area (Å²) in [6, 6.07) is 8.67. The van der Waals surface area contributed by atoms with Crippen LogP contribution in [-0.2, 0) is 0 Å². The fourth-order valence-electron chi connectivity index (χ4n) is 1.83. The van der Waals surface area contributed by atoms with Gasteiger partial charge < -0.3 is 5.32 Å². The van der Waals surface area contributed by atoms with Crippen LogP contribution < -0.4 is 5.32 Å². The Morgan fingerprint density at radius 3 is 2.74 bits per heavy atom. The van der Waals surface area contributed by atoms with E-state index in [1.165, 1.54) is 24.2 Å². The Bertz CT molecular complexity index is 350. The second-order valence-electron chi connectivity index (χ2n) is 4.64. The normalized spacial score (nSPS) is 12.3. The molecule has 106 valence electrons. The van der Waals surface area contributed by atoms with Gasteiger partial charge in [0.05, 0.1) is 0 Å². The van der Waals surface area contributed by atoms with Crippen molar-refractivity contribution in [1.82, 2.24) is 5.32 Å². The monoisotopic (exact) mass is 297 g/mol. The molecule has 1 atom stereocenters. The van der Waals surface area contributed by atoms with E-state index in [1.54, 1.807) is 0 Å². The van der Waals surface area contributed by atoms with E-state index in [9.17, 15) is 0 Å². The average molecular weight is 298 g/mol. The van der Waals surface area contributed by atoms with Gasteiger partial charge in [0.2, 0.25) is 0 Å². The van der Waals surface area contributed by atoms with Crippen molar-refractivity contribution < 1.29 is 0 Å². The number of benzene rings is 1. The van der Waals surface area contributed by atoms with Crippen molar-refractivity contribution >= 4 is 23.4 Å². The van der Waals surface area contributed by atoms with Crippen LogP contribution in [0.15, 0.2) is 41.8 Å². The highest BCUT2D eigenvalue weighted by atomic mass is 35.5. The Kier molecular flexibility index (Phi) is 9.06. The molecule has 19 heavy (non-hydrogen) atoms. The molecule has 0 aliphatic rings. The van der Waals surface area contributed by atoms with E-state index in [2.05, 4.69) is 31.0 Å². The molecule has 1 rings (SSSR count). The SMILES string of the molecule is C=CCCCC(CSc1ccc(Cl)cc1)NCCC. The van der Waals surface area contributed by atoms with Gasteiger partial charge in [-0.15, -0.1) is 18.3 Å². The molecule has 0 spiro atoms. The molecule has 0 heterocycles. The summed E-state index contributed by atoms with van der Waals surface area (Å²) in [4.78, 5) is 1.29. The smallest absolute Gasteiger partial charge is 0.0406 e. The van der Waals surface area contributed by atoms with Crippen molar-refractivity contribution in [3.63, 3.8) is 0 Å². The van der Waals surface area contributed by atoms with Crippen molar-refractivity contribution in [1.29, 1.82) is 0 Å². The molecule has 1 aromatic rings. The number of halogens is 1. The molecule has 0 aliphatic carbocycles. The Morgan fingerprint density at radius 1 is 1.37 bits per heavy atom. The van der Waals surface area contributed by atoms with Crippen LogP contribution in [0.25, 0.3) is 0 Å². The van der Waals surface area contributed by atoms with E-state index >= 15 is 0 Å². The Labute approximate surface area is 126 Å². The van der Waals surface area contributed by atoms with Crippen molar-refractivity contribution in [2.45, 2.75) is 43.5 Å². The molecule has 1 nitrogen and oxygen atoms in total. The molecule has 0 aliphatic heterocycles. The predicted octanol–water partition coefficient (Wildman–Crippen LogP) is 5.16. The molecule has 0 saturated carbocycles. The maximum Gasteiger partial charge on any atom is 0.0406 e. The highest BCUT2D eigenvalue weighted by Crippen LogP contribution is 2.22. The van der Waals surface area contributed by atoms with Gasteiger partial charge in [0, 0.05) is 21.7 Å². The second kappa shape index (κ2) is 10.4. The van der Waals surface area contributed by atoms with Crippen molar-refractivity contribution in [3.05, 3.63) is 41.9 Å². The molecule has 0 saturated heterocycles. The first-order valence-corrected chi connectivity index (χ1v) is 8.35. The maximum absolute atomic E-state index is 5.90. The van der Waals surface area contributed by atoms with Gasteiger partial charge in [0.15, 0.2) is 0 Å². The quantitative estimate of drug-likeness (QED) is 0.364. The Morgan fingerprint density at radius 2 is 2.11 bits per heavy atom. The van der Waals surface area contributed by atoms with E-state index < -0.39 is 0 Å². The topological polar surface area (TPSA) is 12.0 Å². The Hall–Kier alpha value is -0.440. The first-order chi connectivity index (χ1) is 9.26. The summed E-state index contributed by atoms with van der Waals surface area (Å²) in [5, 5.41) is 4.43. The zero-order valence-electron chi connectivity index (χ0n) is 11.7. The second-order valence-corrected chi connectivity index (χ2v) is 6.17. The highest BCUT2D eigenvalue weighted by Gasteiger charge is 2.07. The molecule has 0 aromatic heterocycles. The van der Waals surface area contributed by atoms with Crippen LogP contribution in [-0.4, -0.2) is 18.3 Å². The van der Waals surface area contributed by atoms with Gasteiger partial charge in [0.1, 0.15) is 0 Å². The van der Waals surface area contributed by atoms with Crippen LogP contribution in [0.2, 0.25) is 5.02 Å². The molecule has 0 fully saturated rings. The zero-order chi connectivity index (χ0) is 13.9. The van der Waals surface area contributed by atoms with Crippen molar-refractivity contribution in [3.8, 4) is 0 Å². The van der Waals surface area contributed by atoms with Gasteiger partial charge in [-0.25, -0.2) is 0 Å². The predicted molar refractivity (Wildman–Crippen MR) is 88.3 cm³/mol. The van der Waals surface area contributed by atoms with Crippen LogP contribution >= 0.6 is 23.4 Å². The molecule has 0 radical (unpaired) electrons. The molecular weight excluding hydrogens is 274 g/mol. The van der Waals surface area contributed by atoms with Gasteiger partial charge in [-0.3, -0.25) is 0 Å². The largest absolute Gasteiger partial charge is 0.313 e. The number of unbranched alkanes of at least 4 members (excludes halogenated alkanes) is 1. The third kappa shape index (κ3) is 7.66. The van der Waals surface area contributed by atoms with E-state index in [0.717, 1.165) is 23.7 Å². The van der Waals surface area contributed by atoms with E-state index in [4.69, 9.17) is 11.6 Å². The molecule has 1 unspecified atom stereocenters. The van der Waals surface area contributed by atoms with E-state index in [1.807, 2.05) is 30.0 Å². The number of rotatable bonds is 10. The van der Waals surface area contributed by atoms with Crippen LogP contribution in [0, 0.1) is 0 Å². The van der Waals surface area contributed by atoms with Crippen LogP contribution in [0.5, 0.6) is 0 Å². The van der Waals surface area contributed by atoms with Gasteiger partial charge in [-0.2, -0.15) is 0 Å². The third-order valence-corrected chi connectivity index (χ3v) is 4.34. The summed E-state index contributed by atoms with van der Waals surface area (Å²) in [5.74, 6) is 1.11. The van der Waals surface area contributed by atoms with Gasteiger partial charge >= 0.3 is 0 Å². The van der Waals surface area contributed by atoms with Gasteiger partial charge in [0.25, 0.3) is 0 Å². The van der Waals surface area contributed by atoms with E-state index in [-0.39, 0.29) is 0 Å². The first-order valence-electron chi connectivity index (χ1n) is 6.99. The number of nitrogens with one attached hydrogen (secondary N) is 1. The lowest BCUT2D eigenvalue weighted by Gasteiger charge is -2.17.